The van der Waals surface area contributed by atoms with E-state index in [9.17, 15) is 4.79 Å². The van der Waals surface area contributed by atoms with Crippen LogP contribution in [-0.2, 0) is 12.0 Å². The van der Waals surface area contributed by atoms with Gasteiger partial charge >= 0.3 is 4.87 Å². The van der Waals surface area contributed by atoms with Gasteiger partial charge in [-0.2, -0.15) is 0 Å². The van der Waals surface area contributed by atoms with E-state index >= 15 is 0 Å². The van der Waals surface area contributed by atoms with Gasteiger partial charge in [0.25, 0.3) is 0 Å². The first-order valence-electron chi connectivity index (χ1n) is 7.86. The largest absolute Gasteiger partial charge is 0.330 e. The molecule has 4 heteroatoms. The molecule has 0 bridgehead atoms. The molecule has 0 saturated heterocycles. The smallest absolute Gasteiger partial charge is 0.307 e. The van der Waals surface area contributed by atoms with Crippen LogP contribution >= 0.6 is 11.3 Å². The maximum absolute atomic E-state index is 12.2. The monoisotopic (exact) mass is 318 g/mol. The van der Waals surface area contributed by atoms with Crippen molar-refractivity contribution in [1.82, 2.24) is 4.57 Å². The van der Waals surface area contributed by atoms with Gasteiger partial charge in [0.05, 0.1) is 5.69 Å². The Morgan fingerprint density at radius 2 is 1.77 bits per heavy atom. The first kappa shape index (κ1) is 17.0. The van der Waals surface area contributed by atoms with Crippen molar-refractivity contribution in [3.63, 3.8) is 0 Å². The molecule has 0 radical (unpaired) electrons. The molecule has 2 N–H and O–H groups in total. The summed E-state index contributed by atoms with van der Waals surface area (Å²) in [6, 6.07) is 8.60. The van der Waals surface area contributed by atoms with Gasteiger partial charge in [-0.15, -0.1) is 0 Å². The van der Waals surface area contributed by atoms with Crippen molar-refractivity contribution in [2.75, 3.05) is 6.54 Å². The fourth-order valence-corrected chi connectivity index (χ4v) is 3.50. The Morgan fingerprint density at radius 1 is 1.14 bits per heavy atom. The number of nitrogens with zero attached hydrogens (tertiary/aromatic N) is 1. The molecule has 1 aromatic carbocycles. The second kappa shape index (κ2) is 6.80. The molecule has 1 aromatic heterocycles. The van der Waals surface area contributed by atoms with E-state index in [0.717, 1.165) is 35.5 Å². The van der Waals surface area contributed by atoms with Crippen molar-refractivity contribution in [3.8, 4) is 11.3 Å². The molecule has 2 aromatic rings. The summed E-state index contributed by atoms with van der Waals surface area (Å²) in [5.74, 6) is 0. The number of benzene rings is 1. The molecule has 3 nitrogen and oxygen atoms in total. The predicted octanol–water partition coefficient (Wildman–Crippen LogP) is 3.92. The summed E-state index contributed by atoms with van der Waals surface area (Å²) < 4.78 is 1.90. The van der Waals surface area contributed by atoms with E-state index in [4.69, 9.17) is 5.73 Å². The van der Waals surface area contributed by atoms with E-state index in [1.807, 2.05) is 11.5 Å². The Labute approximate surface area is 136 Å². The Balaban J connectivity index is 2.37. The Bertz CT molecular complexity index is 675. The topological polar surface area (TPSA) is 48.0 Å². The Hall–Kier alpha value is -1.39. The zero-order valence-corrected chi connectivity index (χ0v) is 14.8. The zero-order chi connectivity index (χ0) is 16.3. The van der Waals surface area contributed by atoms with Crippen LogP contribution in [-0.4, -0.2) is 11.1 Å². The number of aromatic nitrogens is 1. The van der Waals surface area contributed by atoms with Crippen LogP contribution < -0.4 is 10.6 Å². The number of hydrogen-bond donors (Lipinski definition) is 1. The van der Waals surface area contributed by atoms with Crippen molar-refractivity contribution in [3.05, 3.63) is 44.4 Å². The number of nitrogens with two attached hydrogens (primary N) is 1. The van der Waals surface area contributed by atoms with Crippen LogP contribution in [0.2, 0.25) is 0 Å². The van der Waals surface area contributed by atoms with E-state index in [-0.39, 0.29) is 10.3 Å². The highest BCUT2D eigenvalue weighted by molar-refractivity contribution is 7.09. The number of rotatable bonds is 5. The normalized spacial score (nSPS) is 11.9. The summed E-state index contributed by atoms with van der Waals surface area (Å²) in [5.41, 5.74) is 9.19. The van der Waals surface area contributed by atoms with E-state index in [0.29, 0.717) is 6.54 Å². The van der Waals surface area contributed by atoms with Gasteiger partial charge in [-0.1, -0.05) is 56.4 Å². The molecular formula is C18H26N2OS. The van der Waals surface area contributed by atoms with E-state index in [1.54, 1.807) is 0 Å². The number of thiazole rings is 1. The SMILES string of the molecule is Cc1sc(=O)n(CCCCN)c1-c1ccc(C(C)(C)C)cc1. The lowest BCUT2D eigenvalue weighted by Crippen LogP contribution is -2.15. The second-order valence-electron chi connectivity index (χ2n) is 6.75. The Morgan fingerprint density at radius 3 is 2.32 bits per heavy atom. The fourth-order valence-electron chi connectivity index (χ4n) is 2.62. The molecule has 0 fully saturated rings. The van der Waals surface area contributed by atoms with Gasteiger partial charge in [-0.05, 0) is 42.9 Å². The summed E-state index contributed by atoms with van der Waals surface area (Å²) in [4.78, 5) is 13.4. The van der Waals surface area contributed by atoms with Crippen LogP contribution in [0.5, 0.6) is 0 Å². The quantitative estimate of drug-likeness (QED) is 0.849. The van der Waals surface area contributed by atoms with Gasteiger partial charge in [0.1, 0.15) is 0 Å². The molecular weight excluding hydrogens is 292 g/mol. The third-order valence-corrected chi connectivity index (χ3v) is 4.82. The predicted molar refractivity (Wildman–Crippen MR) is 95.7 cm³/mol. The second-order valence-corrected chi connectivity index (χ2v) is 7.91. The van der Waals surface area contributed by atoms with Crippen molar-refractivity contribution >= 4 is 11.3 Å². The summed E-state index contributed by atoms with van der Waals surface area (Å²) in [7, 11) is 0. The fraction of sp³-hybridized carbons (Fsp3) is 0.500. The minimum Gasteiger partial charge on any atom is -0.330 e. The minimum atomic E-state index is 0.129. The number of unbranched alkanes of at least 4 members (excludes halogenated alkanes) is 1. The third-order valence-electron chi connectivity index (χ3n) is 3.92. The van der Waals surface area contributed by atoms with Crippen molar-refractivity contribution < 1.29 is 0 Å². The molecule has 0 aliphatic heterocycles. The highest BCUT2D eigenvalue weighted by Gasteiger charge is 2.16. The first-order valence-corrected chi connectivity index (χ1v) is 8.67. The molecule has 0 unspecified atom stereocenters. The maximum Gasteiger partial charge on any atom is 0.307 e. The van der Waals surface area contributed by atoms with Crippen LogP contribution in [0, 0.1) is 6.92 Å². The molecule has 120 valence electrons. The average molecular weight is 318 g/mol. The van der Waals surface area contributed by atoms with Crippen LogP contribution in [0.4, 0.5) is 0 Å². The first-order chi connectivity index (χ1) is 10.3. The standard InChI is InChI=1S/C18H26N2OS/c1-13-16(20(17(21)22-13)12-6-5-11-19)14-7-9-15(10-8-14)18(2,3)4/h7-10H,5-6,11-12,19H2,1-4H3. The molecule has 0 amide bonds. The highest BCUT2D eigenvalue weighted by atomic mass is 32.1. The summed E-state index contributed by atoms with van der Waals surface area (Å²) in [6.45, 7) is 10.1. The third kappa shape index (κ3) is 3.68. The average Bonchev–Trinajstić information content (AvgIpc) is 2.73. The molecule has 1 heterocycles. The van der Waals surface area contributed by atoms with Crippen molar-refractivity contribution in [2.45, 2.75) is 52.5 Å². The summed E-state index contributed by atoms with van der Waals surface area (Å²) >= 11 is 1.33. The van der Waals surface area contributed by atoms with Gasteiger partial charge < -0.3 is 5.73 Å². The van der Waals surface area contributed by atoms with Crippen LogP contribution in [0.3, 0.4) is 0 Å². The van der Waals surface area contributed by atoms with Crippen molar-refractivity contribution in [2.24, 2.45) is 5.73 Å². The lowest BCUT2D eigenvalue weighted by atomic mass is 9.86. The van der Waals surface area contributed by atoms with Gasteiger partial charge in [-0.3, -0.25) is 9.36 Å². The summed E-state index contributed by atoms with van der Waals surface area (Å²) in [6.07, 6.45) is 1.89. The number of aryl methyl sites for hydroxylation is 1. The maximum atomic E-state index is 12.2. The Kier molecular flexibility index (Phi) is 5.24. The molecule has 0 aliphatic carbocycles. The van der Waals surface area contributed by atoms with Gasteiger partial charge in [-0.25, -0.2) is 0 Å². The lowest BCUT2D eigenvalue weighted by Gasteiger charge is -2.19. The zero-order valence-electron chi connectivity index (χ0n) is 14.0. The molecule has 0 aliphatic rings. The number of hydrogen-bond acceptors (Lipinski definition) is 3. The van der Waals surface area contributed by atoms with Gasteiger partial charge in [0.2, 0.25) is 0 Å². The van der Waals surface area contributed by atoms with Crippen molar-refractivity contribution in [1.29, 1.82) is 0 Å². The van der Waals surface area contributed by atoms with Crippen LogP contribution in [0.1, 0.15) is 44.1 Å². The molecule has 0 atom stereocenters. The van der Waals surface area contributed by atoms with E-state index < -0.39 is 0 Å². The molecule has 0 saturated carbocycles. The van der Waals surface area contributed by atoms with Gasteiger partial charge in [0.15, 0.2) is 0 Å². The van der Waals surface area contributed by atoms with E-state index in [2.05, 4.69) is 45.0 Å². The highest BCUT2D eigenvalue weighted by Crippen LogP contribution is 2.29. The summed E-state index contributed by atoms with van der Waals surface area (Å²) in [5, 5.41) is 0. The molecule has 22 heavy (non-hydrogen) atoms. The van der Waals surface area contributed by atoms with Crippen LogP contribution in [0.25, 0.3) is 11.3 Å². The van der Waals surface area contributed by atoms with Gasteiger partial charge in [0, 0.05) is 11.4 Å². The molecule has 2 rings (SSSR count). The van der Waals surface area contributed by atoms with E-state index in [1.165, 1.54) is 16.9 Å². The van der Waals surface area contributed by atoms with Crippen LogP contribution in [0.15, 0.2) is 29.1 Å². The molecule has 0 spiro atoms. The lowest BCUT2D eigenvalue weighted by molar-refractivity contribution is 0.590. The minimum absolute atomic E-state index is 0.129.